The van der Waals surface area contributed by atoms with E-state index in [9.17, 15) is 13.2 Å². The number of alkyl halides is 3. The van der Waals surface area contributed by atoms with Gasteiger partial charge in [0.15, 0.2) is 11.5 Å². The van der Waals surface area contributed by atoms with E-state index in [0.29, 0.717) is 10.6 Å². The van der Waals surface area contributed by atoms with Crippen molar-refractivity contribution in [1.82, 2.24) is 5.16 Å². The second kappa shape index (κ2) is 4.62. The molecule has 0 aliphatic rings. The van der Waals surface area contributed by atoms with Gasteiger partial charge in [-0.05, 0) is 24.3 Å². The Morgan fingerprint density at radius 2 is 1.83 bits per heavy atom. The van der Waals surface area contributed by atoms with Gasteiger partial charge in [-0.15, -0.1) is 0 Å². The van der Waals surface area contributed by atoms with Crippen molar-refractivity contribution in [3.63, 3.8) is 0 Å². The quantitative estimate of drug-likeness (QED) is 0.914. The standard InChI is InChI=1S/C11H8ClF3N2O/c12-7-3-1-6(2-4-7)9-8(5-16)10(17-18-9)11(13,14)15/h1-4H,5,16H2. The van der Waals surface area contributed by atoms with Gasteiger partial charge in [-0.3, -0.25) is 0 Å². The predicted octanol–water partition coefficient (Wildman–Crippen LogP) is 3.47. The third-order valence-corrected chi connectivity index (χ3v) is 2.62. The van der Waals surface area contributed by atoms with Crippen LogP contribution in [0.3, 0.4) is 0 Å². The third-order valence-electron chi connectivity index (χ3n) is 2.37. The smallest absolute Gasteiger partial charge is 0.355 e. The number of halogens is 4. The maximum absolute atomic E-state index is 12.6. The molecule has 1 aromatic heterocycles. The van der Waals surface area contributed by atoms with E-state index in [1.54, 1.807) is 24.3 Å². The molecule has 96 valence electrons. The van der Waals surface area contributed by atoms with E-state index in [1.165, 1.54) is 0 Å². The van der Waals surface area contributed by atoms with Crippen molar-refractivity contribution < 1.29 is 17.7 Å². The first kappa shape index (κ1) is 12.9. The number of aromatic nitrogens is 1. The van der Waals surface area contributed by atoms with Crippen molar-refractivity contribution in [1.29, 1.82) is 0 Å². The largest absolute Gasteiger partial charge is 0.437 e. The minimum absolute atomic E-state index is 0.0153. The van der Waals surface area contributed by atoms with Crippen LogP contribution in [0.2, 0.25) is 5.02 Å². The van der Waals surface area contributed by atoms with Gasteiger partial charge in [0.1, 0.15) is 0 Å². The summed E-state index contributed by atoms with van der Waals surface area (Å²) in [5.74, 6) is 0.0153. The van der Waals surface area contributed by atoms with Crippen molar-refractivity contribution in [2.24, 2.45) is 5.73 Å². The molecule has 0 fully saturated rings. The highest BCUT2D eigenvalue weighted by Crippen LogP contribution is 2.36. The van der Waals surface area contributed by atoms with E-state index in [4.69, 9.17) is 21.9 Å². The maximum atomic E-state index is 12.6. The van der Waals surface area contributed by atoms with Crippen LogP contribution in [-0.4, -0.2) is 5.16 Å². The Balaban J connectivity index is 2.52. The zero-order valence-corrected chi connectivity index (χ0v) is 9.72. The van der Waals surface area contributed by atoms with Crippen LogP contribution >= 0.6 is 11.6 Å². The molecule has 0 bridgehead atoms. The van der Waals surface area contributed by atoms with Crippen LogP contribution in [-0.2, 0) is 12.7 Å². The molecular formula is C11H8ClF3N2O. The zero-order valence-electron chi connectivity index (χ0n) is 8.96. The highest BCUT2D eigenvalue weighted by atomic mass is 35.5. The molecule has 1 heterocycles. The molecule has 0 saturated heterocycles. The van der Waals surface area contributed by atoms with Crippen LogP contribution in [0.1, 0.15) is 11.3 Å². The van der Waals surface area contributed by atoms with Crippen LogP contribution in [0.4, 0.5) is 13.2 Å². The van der Waals surface area contributed by atoms with Crippen molar-refractivity contribution in [2.75, 3.05) is 0 Å². The van der Waals surface area contributed by atoms with Crippen LogP contribution < -0.4 is 5.73 Å². The summed E-state index contributed by atoms with van der Waals surface area (Å²) in [6, 6.07) is 6.18. The van der Waals surface area contributed by atoms with Crippen molar-refractivity contribution >= 4 is 11.6 Å². The summed E-state index contributed by atoms with van der Waals surface area (Å²) in [5.41, 5.74) is 4.53. The minimum atomic E-state index is -4.58. The van der Waals surface area contributed by atoms with E-state index >= 15 is 0 Å². The zero-order chi connectivity index (χ0) is 13.3. The Labute approximate surface area is 105 Å². The first-order valence-corrected chi connectivity index (χ1v) is 5.33. The topological polar surface area (TPSA) is 52.0 Å². The van der Waals surface area contributed by atoms with Gasteiger partial charge in [-0.1, -0.05) is 16.8 Å². The first-order chi connectivity index (χ1) is 8.43. The molecule has 0 aliphatic carbocycles. The van der Waals surface area contributed by atoms with Gasteiger partial charge in [-0.25, -0.2) is 0 Å². The second-order valence-electron chi connectivity index (χ2n) is 3.55. The molecule has 1 aromatic carbocycles. The molecule has 2 N–H and O–H groups in total. The van der Waals surface area contributed by atoms with Crippen LogP contribution in [0.25, 0.3) is 11.3 Å². The van der Waals surface area contributed by atoms with Gasteiger partial charge in [0.25, 0.3) is 0 Å². The first-order valence-electron chi connectivity index (χ1n) is 4.95. The Morgan fingerprint density at radius 3 is 2.33 bits per heavy atom. The second-order valence-corrected chi connectivity index (χ2v) is 3.98. The molecule has 3 nitrogen and oxygen atoms in total. The van der Waals surface area contributed by atoms with Gasteiger partial charge in [0.2, 0.25) is 0 Å². The SMILES string of the molecule is NCc1c(C(F)(F)F)noc1-c1ccc(Cl)cc1. The summed E-state index contributed by atoms with van der Waals surface area (Å²) in [5, 5.41) is 3.52. The molecule has 0 radical (unpaired) electrons. The molecule has 0 atom stereocenters. The summed E-state index contributed by atoms with van der Waals surface area (Å²) in [6.07, 6.45) is -4.58. The van der Waals surface area contributed by atoms with E-state index < -0.39 is 11.9 Å². The Bertz CT molecular complexity index is 548. The fraction of sp³-hybridized carbons (Fsp3) is 0.182. The number of rotatable bonds is 2. The summed E-state index contributed by atoms with van der Waals surface area (Å²) in [4.78, 5) is 0. The third kappa shape index (κ3) is 2.34. The molecule has 0 unspecified atom stereocenters. The molecular weight excluding hydrogens is 269 g/mol. The van der Waals surface area contributed by atoms with E-state index in [0.717, 1.165) is 0 Å². The molecule has 2 aromatic rings. The summed E-state index contributed by atoms with van der Waals surface area (Å²) in [6.45, 7) is -0.309. The van der Waals surface area contributed by atoms with Gasteiger partial charge in [0.05, 0.1) is 0 Å². The van der Waals surface area contributed by atoms with Crippen molar-refractivity contribution in [3.8, 4) is 11.3 Å². The average molecular weight is 277 g/mol. The number of nitrogens with zero attached hydrogens (tertiary/aromatic N) is 1. The molecule has 0 amide bonds. The highest BCUT2D eigenvalue weighted by molar-refractivity contribution is 6.30. The Kier molecular flexibility index (Phi) is 3.32. The molecule has 0 saturated carbocycles. The predicted molar refractivity (Wildman–Crippen MR) is 59.8 cm³/mol. The summed E-state index contributed by atoms with van der Waals surface area (Å²) in [7, 11) is 0. The van der Waals surface area contributed by atoms with E-state index in [-0.39, 0.29) is 17.9 Å². The van der Waals surface area contributed by atoms with Crippen LogP contribution in [0, 0.1) is 0 Å². The highest BCUT2D eigenvalue weighted by Gasteiger charge is 2.39. The number of hydrogen-bond acceptors (Lipinski definition) is 3. The lowest BCUT2D eigenvalue weighted by Gasteiger charge is -2.04. The van der Waals surface area contributed by atoms with Gasteiger partial charge in [0, 0.05) is 22.7 Å². The molecule has 2 rings (SSSR count). The normalized spacial score (nSPS) is 11.8. The Hall–Kier alpha value is -1.53. The Morgan fingerprint density at radius 1 is 1.22 bits per heavy atom. The molecule has 18 heavy (non-hydrogen) atoms. The average Bonchev–Trinajstić information content (AvgIpc) is 2.73. The fourth-order valence-electron chi connectivity index (χ4n) is 1.55. The fourth-order valence-corrected chi connectivity index (χ4v) is 1.68. The maximum Gasteiger partial charge on any atom is 0.437 e. The lowest BCUT2D eigenvalue weighted by atomic mass is 10.1. The number of hydrogen-bond donors (Lipinski definition) is 1. The lowest BCUT2D eigenvalue weighted by Crippen LogP contribution is -2.11. The van der Waals surface area contributed by atoms with Gasteiger partial charge < -0.3 is 10.3 Å². The minimum Gasteiger partial charge on any atom is -0.355 e. The van der Waals surface area contributed by atoms with Gasteiger partial charge in [-0.2, -0.15) is 13.2 Å². The van der Waals surface area contributed by atoms with Crippen LogP contribution in [0.15, 0.2) is 28.8 Å². The number of benzene rings is 1. The van der Waals surface area contributed by atoms with Crippen molar-refractivity contribution in [2.45, 2.75) is 12.7 Å². The van der Waals surface area contributed by atoms with E-state index in [1.807, 2.05) is 0 Å². The van der Waals surface area contributed by atoms with Gasteiger partial charge >= 0.3 is 6.18 Å². The molecule has 0 spiro atoms. The molecule has 0 aliphatic heterocycles. The van der Waals surface area contributed by atoms with E-state index in [2.05, 4.69) is 5.16 Å². The monoisotopic (exact) mass is 276 g/mol. The van der Waals surface area contributed by atoms with Crippen LogP contribution in [0.5, 0.6) is 0 Å². The summed E-state index contributed by atoms with van der Waals surface area (Å²) < 4.78 is 42.6. The van der Waals surface area contributed by atoms with Crippen molar-refractivity contribution in [3.05, 3.63) is 40.5 Å². The summed E-state index contributed by atoms with van der Waals surface area (Å²) >= 11 is 5.70. The molecule has 7 heteroatoms. The number of nitrogens with two attached hydrogens (primary N) is 1. The lowest BCUT2D eigenvalue weighted by molar-refractivity contribution is -0.143.